The van der Waals surface area contributed by atoms with Crippen LogP contribution in [0.15, 0.2) is 0 Å². The van der Waals surface area contributed by atoms with Gasteiger partial charge in [0.2, 0.25) is 5.91 Å². The largest absolute Gasteiger partial charge is 0.481 e. The minimum atomic E-state index is -0.707. The quantitative estimate of drug-likeness (QED) is 0.474. The van der Waals surface area contributed by atoms with Crippen molar-refractivity contribution in [1.29, 1.82) is 0 Å². The maximum atomic E-state index is 11.5. The van der Waals surface area contributed by atoms with Gasteiger partial charge in [-0.25, -0.2) is 0 Å². The zero-order valence-corrected chi connectivity index (χ0v) is 12.9. The molecule has 1 heterocycles. The number of nitrogens with zero attached hydrogens (tertiary/aromatic N) is 3. The fourth-order valence-electron chi connectivity index (χ4n) is 2.15. The number of carboxylic acid groups (broad SMARTS) is 1. The predicted molar refractivity (Wildman–Crippen MR) is 80.1 cm³/mol. The Bertz CT molecular complexity index is 422. The molecule has 22 heavy (non-hydrogen) atoms. The van der Waals surface area contributed by atoms with Gasteiger partial charge in [-0.15, -0.1) is 10.2 Å². The summed E-state index contributed by atoms with van der Waals surface area (Å²) in [6.07, 6.45) is 8.87. The highest BCUT2D eigenvalue weighted by Gasteiger charge is 2.05. The first-order valence-corrected chi connectivity index (χ1v) is 7.89. The number of aliphatic carboxylic acids is 1. The van der Waals surface area contributed by atoms with E-state index in [1.165, 1.54) is 6.42 Å². The maximum Gasteiger partial charge on any atom is 0.303 e. The Hall–Kier alpha value is -1.99. The summed E-state index contributed by atoms with van der Waals surface area (Å²) < 4.78 is 0. The van der Waals surface area contributed by atoms with Crippen molar-refractivity contribution in [2.75, 3.05) is 6.54 Å². The molecule has 1 amide bonds. The number of aromatic nitrogens is 4. The van der Waals surface area contributed by atoms with Gasteiger partial charge in [0, 0.05) is 13.0 Å². The van der Waals surface area contributed by atoms with Gasteiger partial charge in [0.1, 0.15) is 0 Å². The Morgan fingerprint density at radius 1 is 1.00 bits per heavy atom. The van der Waals surface area contributed by atoms with Crippen molar-refractivity contribution in [3.63, 3.8) is 0 Å². The molecule has 0 unspecified atom stereocenters. The Kier molecular flexibility index (Phi) is 9.56. The number of nitrogens with one attached hydrogen (secondary N) is 2. The molecular formula is C14H25N5O3. The van der Waals surface area contributed by atoms with Crippen LogP contribution in [0.4, 0.5) is 0 Å². The molecule has 0 aliphatic heterocycles. The molecule has 0 aliphatic rings. The fourth-order valence-corrected chi connectivity index (χ4v) is 2.15. The molecule has 124 valence electrons. The molecule has 0 bridgehead atoms. The number of aromatic amines is 1. The van der Waals surface area contributed by atoms with E-state index in [9.17, 15) is 9.59 Å². The molecule has 0 aromatic carbocycles. The number of rotatable bonds is 13. The molecule has 0 atom stereocenters. The van der Waals surface area contributed by atoms with Crippen molar-refractivity contribution in [3.05, 3.63) is 5.82 Å². The van der Waals surface area contributed by atoms with Crippen LogP contribution in [0.1, 0.15) is 63.6 Å². The van der Waals surface area contributed by atoms with Gasteiger partial charge in [-0.1, -0.05) is 43.7 Å². The number of unbranched alkanes of at least 4 members (excludes halogenated alkanes) is 7. The molecule has 0 saturated carbocycles. The molecule has 0 aliphatic carbocycles. The van der Waals surface area contributed by atoms with Gasteiger partial charge in [0.25, 0.3) is 0 Å². The lowest BCUT2D eigenvalue weighted by Gasteiger charge is -2.04. The number of amides is 1. The summed E-state index contributed by atoms with van der Waals surface area (Å²) in [7, 11) is 0. The lowest BCUT2D eigenvalue weighted by molar-refractivity contribution is -0.137. The summed E-state index contributed by atoms with van der Waals surface area (Å²) in [5.74, 6) is -0.387. The number of hydrogen-bond acceptors (Lipinski definition) is 5. The molecule has 8 nitrogen and oxygen atoms in total. The summed E-state index contributed by atoms with van der Waals surface area (Å²) in [4.78, 5) is 21.8. The highest BCUT2D eigenvalue weighted by atomic mass is 16.4. The summed E-state index contributed by atoms with van der Waals surface area (Å²) in [5.41, 5.74) is 0. The summed E-state index contributed by atoms with van der Waals surface area (Å²) >= 11 is 0. The number of carbonyl (C=O) groups excluding carboxylic acids is 1. The zero-order chi connectivity index (χ0) is 16.0. The van der Waals surface area contributed by atoms with Crippen molar-refractivity contribution in [2.24, 2.45) is 0 Å². The lowest BCUT2D eigenvalue weighted by Crippen LogP contribution is -2.26. The predicted octanol–water partition coefficient (Wildman–Crippen LogP) is 1.45. The van der Waals surface area contributed by atoms with E-state index in [-0.39, 0.29) is 18.7 Å². The second kappa shape index (κ2) is 11.6. The Balaban J connectivity index is 1.81. The number of tetrazole rings is 1. The molecule has 0 radical (unpaired) electrons. The van der Waals surface area contributed by atoms with Crippen molar-refractivity contribution < 1.29 is 14.7 Å². The first-order valence-electron chi connectivity index (χ1n) is 7.89. The number of H-pyrrole nitrogens is 1. The van der Waals surface area contributed by atoms with E-state index in [0.717, 1.165) is 44.9 Å². The van der Waals surface area contributed by atoms with Crippen LogP contribution in [-0.2, 0) is 16.0 Å². The van der Waals surface area contributed by atoms with Gasteiger partial charge in [-0.3, -0.25) is 9.59 Å². The molecule has 3 N–H and O–H groups in total. The van der Waals surface area contributed by atoms with Gasteiger partial charge in [0.15, 0.2) is 5.82 Å². The van der Waals surface area contributed by atoms with Crippen LogP contribution >= 0.6 is 0 Å². The van der Waals surface area contributed by atoms with Crippen molar-refractivity contribution in [2.45, 2.75) is 64.2 Å². The van der Waals surface area contributed by atoms with Crippen LogP contribution in [0, 0.1) is 0 Å². The van der Waals surface area contributed by atoms with Crippen molar-refractivity contribution in [3.8, 4) is 0 Å². The molecule has 0 spiro atoms. The van der Waals surface area contributed by atoms with E-state index < -0.39 is 5.97 Å². The number of hydrogen-bond donors (Lipinski definition) is 3. The summed E-state index contributed by atoms with van der Waals surface area (Å²) in [6.45, 7) is 0.676. The van der Waals surface area contributed by atoms with Gasteiger partial charge in [0.05, 0.1) is 6.42 Å². The third-order valence-electron chi connectivity index (χ3n) is 3.35. The topological polar surface area (TPSA) is 121 Å². The van der Waals surface area contributed by atoms with Gasteiger partial charge in [-0.05, 0) is 12.8 Å². The fraction of sp³-hybridized carbons (Fsp3) is 0.786. The monoisotopic (exact) mass is 311 g/mol. The highest BCUT2D eigenvalue weighted by molar-refractivity contribution is 5.77. The second-order valence-electron chi connectivity index (χ2n) is 5.33. The van der Waals surface area contributed by atoms with Crippen molar-refractivity contribution in [1.82, 2.24) is 25.9 Å². The lowest BCUT2D eigenvalue weighted by atomic mass is 10.1. The third-order valence-corrected chi connectivity index (χ3v) is 3.35. The molecule has 1 rings (SSSR count). The van der Waals surface area contributed by atoms with Crippen LogP contribution in [0.25, 0.3) is 0 Å². The first-order chi connectivity index (χ1) is 10.7. The average Bonchev–Trinajstić information content (AvgIpc) is 2.97. The molecule has 1 aromatic rings. The molecular weight excluding hydrogens is 286 g/mol. The van der Waals surface area contributed by atoms with E-state index >= 15 is 0 Å². The second-order valence-corrected chi connectivity index (χ2v) is 5.33. The van der Waals surface area contributed by atoms with E-state index in [1.54, 1.807) is 0 Å². The van der Waals surface area contributed by atoms with Gasteiger partial charge >= 0.3 is 5.97 Å². The van der Waals surface area contributed by atoms with Crippen LogP contribution in [0.3, 0.4) is 0 Å². The highest BCUT2D eigenvalue weighted by Crippen LogP contribution is 2.09. The minimum Gasteiger partial charge on any atom is -0.481 e. The normalized spacial score (nSPS) is 10.5. The van der Waals surface area contributed by atoms with Gasteiger partial charge in [-0.2, -0.15) is 5.21 Å². The van der Waals surface area contributed by atoms with E-state index in [4.69, 9.17) is 5.11 Å². The summed E-state index contributed by atoms with van der Waals surface area (Å²) in [6, 6.07) is 0. The number of carboxylic acids is 1. The smallest absolute Gasteiger partial charge is 0.303 e. The van der Waals surface area contributed by atoms with E-state index in [1.807, 2.05) is 0 Å². The van der Waals surface area contributed by atoms with Crippen LogP contribution in [-0.4, -0.2) is 44.2 Å². The van der Waals surface area contributed by atoms with E-state index in [0.29, 0.717) is 12.4 Å². The first kappa shape index (κ1) is 18.1. The van der Waals surface area contributed by atoms with E-state index in [2.05, 4.69) is 25.9 Å². The summed E-state index contributed by atoms with van der Waals surface area (Å²) in [5, 5.41) is 24.5. The standard InChI is InChI=1S/C14H25N5O3/c20-13(11-12-16-18-19-17-12)15-10-8-6-4-2-1-3-5-7-9-14(21)22/h1-11H2,(H,15,20)(H,21,22)(H,16,17,18,19). The Labute approximate surface area is 130 Å². The molecule has 1 aromatic heterocycles. The van der Waals surface area contributed by atoms with Crippen LogP contribution in [0.2, 0.25) is 0 Å². The van der Waals surface area contributed by atoms with Crippen molar-refractivity contribution >= 4 is 11.9 Å². The molecule has 0 fully saturated rings. The average molecular weight is 311 g/mol. The molecule has 0 saturated heterocycles. The number of carbonyl (C=O) groups is 2. The molecule has 8 heteroatoms. The zero-order valence-electron chi connectivity index (χ0n) is 12.9. The SMILES string of the molecule is O=C(O)CCCCCCCCCCNC(=O)Cc1nn[nH]n1. The Morgan fingerprint density at radius 2 is 1.64 bits per heavy atom. The minimum absolute atomic E-state index is 0.0835. The van der Waals surface area contributed by atoms with Crippen LogP contribution in [0.5, 0.6) is 0 Å². The Morgan fingerprint density at radius 3 is 2.23 bits per heavy atom. The van der Waals surface area contributed by atoms with Crippen LogP contribution < -0.4 is 5.32 Å². The third kappa shape index (κ3) is 9.84. The maximum absolute atomic E-state index is 11.5. The van der Waals surface area contributed by atoms with Gasteiger partial charge < -0.3 is 10.4 Å².